The molecular formula is C20H31NO2. The van der Waals surface area contributed by atoms with Gasteiger partial charge in [-0.2, -0.15) is 0 Å². The van der Waals surface area contributed by atoms with Crippen LogP contribution in [0.1, 0.15) is 62.5 Å². The number of rotatable bonds is 9. The smallest absolute Gasteiger partial charge is 0.303 e. The first kappa shape index (κ1) is 18.0. The van der Waals surface area contributed by atoms with Gasteiger partial charge in [-0.05, 0) is 80.9 Å². The molecular weight excluding hydrogens is 286 g/mol. The van der Waals surface area contributed by atoms with Gasteiger partial charge in [0.2, 0.25) is 0 Å². The van der Waals surface area contributed by atoms with Crippen molar-refractivity contribution in [3.63, 3.8) is 0 Å². The Bertz CT molecular complexity index is 461. The lowest BCUT2D eigenvalue weighted by Crippen LogP contribution is -2.22. The fourth-order valence-corrected chi connectivity index (χ4v) is 3.63. The lowest BCUT2D eigenvalue weighted by Gasteiger charge is -2.27. The van der Waals surface area contributed by atoms with Gasteiger partial charge >= 0.3 is 5.97 Å². The molecule has 3 nitrogen and oxygen atoms in total. The fraction of sp³-hybridized carbons (Fsp3) is 0.650. The largest absolute Gasteiger partial charge is 0.481 e. The molecule has 0 bridgehead atoms. The number of hydrogen-bond acceptors (Lipinski definition) is 2. The van der Waals surface area contributed by atoms with E-state index in [0.29, 0.717) is 6.42 Å². The van der Waals surface area contributed by atoms with Crippen molar-refractivity contribution >= 4 is 5.97 Å². The Kier molecular flexibility index (Phi) is 7.60. The Hall–Kier alpha value is -1.35. The third kappa shape index (κ3) is 6.74. The number of benzene rings is 1. The van der Waals surface area contributed by atoms with Crippen LogP contribution in [0.3, 0.4) is 0 Å². The van der Waals surface area contributed by atoms with E-state index in [0.717, 1.165) is 44.1 Å². The summed E-state index contributed by atoms with van der Waals surface area (Å²) in [5, 5.41) is 8.62. The summed E-state index contributed by atoms with van der Waals surface area (Å²) in [5.41, 5.74) is 8.59. The molecule has 0 amide bonds. The molecule has 1 saturated carbocycles. The van der Waals surface area contributed by atoms with Crippen molar-refractivity contribution in [3.05, 3.63) is 35.4 Å². The quantitative estimate of drug-likeness (QED) is 0.672. The molecule has 3 heteroatoms. The second-order valence-electron chi connectivity index (χ2n) is 7.10. The Labute approximate surface area is 140 Å². The van der Waals surface area contributed by atoms with Crippen LogP contribution in [0.15, 0.2) is 24.3 Å². The summed E-state index contributed by atoms with van der Waals surface area (Å²) in [6.07, 6.45) is 10.7. The third-order valence-electron chi connectivity index (χ3n) is 5.20. The average molecular weight is 317 g/mol. The van der Waals surface area contributed by atoms with Gasteiger partial charge in [-0.25, -0.2) is 0 Å². The Morgan fingerprint density at radius 3 is 2.17 bits per heavy atom. The molecule has 0 atom stereocenters. The van der Waals surface area contributed by atoms with Crippen molar-refractivity contribution in [2.45, 2.75) is 64.2 Å². The number of carbonyl (C=O) groups is 1. The van der Waals surface area contributed by atoms with Crippen molar-refractivity contribution in [3.8, 4) is 0 Å². The zero-order valence-corrected chi connectivity index (χ0v) is 14.2. The minimum absolute atomic E-state index is 0.297. The minimum atomic E-state index is -0.685. The number of carboxylic acid groups (broad SMARTS) is 1. The van der Waals surface area contributed by atoms with Gasteiger partial charge in [0, 0.05) is 6.42 Å². The lowest BCUT2D eigenvalue weighted by molar-refractivity contribution is -0.137. The average Bonchev–Trinajstić information content (AvgIpc) is 2.56. The van der Waals surface area contributed by atoms with Gasteiger partial charge in [0.15, 0.2) is 0 Å². The molecule has 0 radical (unpaired) electrons. The number of nitrogens with two attached hydrogens (primary N) is 1. The first-order chi connectivity index (χ1) is 11.2. The molecule has 0 unspecified atom stereocenters. The van der Waals surface area contributed by atoms with Gasteiger partial charge in [-0.15, -0.1) is 0 Å². The summed E-state index contributed by atoms with van der Waals surface area (Å²) < 4.78 is 0. The molecule has 0 saturated heterocycles. The van der Waals surface area contributed by atoms with Crippen molar-refractivity contribution in [2.75, 3.05) is 6.54 Å². The molecule has 0 aromatic heterocycles. The Morgan fingerprint density at radius 1 is 0.957 bits per heavy atom. The SMILES string of the molecule is NCC1CCC(Cc2ccc(CCCCCC(=O)O)cc2)CC1. The number of carboxylic acids is 1. The molecule has 23 heavy (non-hydrogen) atoms. The van der Waals surface area contributed by atoms with Gasteiger partial charge < -0.3 is 10.8 Å². The van der Waals surface area contributed by atoms with Gasteiger partial charge in [-0.1, -0.05) is 30.7 Å². The molecule has 128 valence electrons. The van der Waals surface area contributed by atoms with E-state index in [1.165, 1.54) is 43.2 Å². The molecule has 3 N–H and O–H groups in total. The third-order valence-corrected chi connectivity index (χ3v) is 5.20. The van der Waals surface area contributed by atoms with Crippen LogP contribution in [0.4, 0.5) is 0 Å². The molecule has 1 aliphatic carbocycles. The summed E-state index contributed by atoms with van der Waals surface area (Å²) in [4.78, 5) is 10.5. The highest BCUT2D eigenvalue weighted by Crippen LogP contribution is 2.30. The second-order valence-corrected chi connectivity index (χ2v) is 7.10. The summed E-state index contributed by atoms with van der Waals surface area (Å²) >= 11 is 0. The molecule has 0 spiro atoms. The first-order valence-electron chi connectivity index (χ1n) is 9.17. The van der Waals surface area contributed by atoms with Crippen LogP contribution in [0, 0.1) is 11.8 Å². The molecule has 1 aliphatic rings. The molecule has 0 heterocycles. The van der Waals surface area contributed by atoms with E-state index in [-0.39, 0.29) is 0 Å². The zero-order valence-electron chi connectivity index (χ0n) is 14.2. The Balaban J connectivity index is 1.67. The first-order valence-corrected chi connectivity index (χ1v) is 9.17. The Morgan fingerprint density at radius 2 is 1.57 bits per heavy atom. The topological polar surface area (TPSA) is 63.3 Å². The van der Waals surface area contributed by atoms with Gasteiger partial charge in [0.1, 0.15) is 0 Å². The van der Waals surface area contributed by atoms with Crippen LogP contribution in [0.5, 0.6) is 0 Å². The van der Waals surface area contributed by atoms with Crippen LogP contribution < -0.4 is 5.73 Å². The lowest BCUT2D eigenvalue weighted by atomic mass is 9.79. The number of aliphatic carboxylic acids is 1. The van der Waals surface area contributed by atoms with E-state index < -0.39 is 5.97 Å². The van der Waals surface area contributed by atoms with Crippen LogP contribution in [0.25, 0.3) is 0 Å². The summed E-state index contributed by atoms with van der Waals surface area (Å²) in [6.45, 7) is 0.855. The highest BCUT2D eigenvalue weighted by Gasteiger charge is 2.20. The van der Waals surface area contributed by atoms with Crippen LogP contribution in [-0.2, 0) is 17.6 Å². The molecule has 1 aromatic rings. The number of unbranched alkanes of at least 4 members (excludes halogenated alkanes) is 2. The van der Waals surface area contributed by atoms with Crippen LogP contribution >= 0.6 is 0 Å². The van der Waals surface area contributed by atoms with Crippen molar-refractivity contribution in [1.82, 2.24) is 0 Å². The standard InChI is InChI=1S/C20H31NO2/c21-15-19-12-10-18(11-13-19)14-17-8-6-16(7-9-17)4-2-1-3-5-20(22)23/h6-9,18-19H,1-5,10-15,21H2,(H,22,23). The predicted molar refractivity (Wildman–Crippen MR) is 94.5 cm³/mol. The highest BCUT2D eigenvalue weighted by atomic mass is 16.4. The van der Waals surface area contributed by atoms with Gasteiger partial charge in [0.05, 0.1) is 0 Å². The van der Waals surface area contributed by atoms with E-state index in [1.54, 1.807) is 0 Å². The summed E-state index contributed by atoms with van der Waals surface area (Å²) in [7, 11) is 0. The van der Waals surface area contributed by atoms with E-state index in [2.05, 4.69) is 24.3 Å². The molecule has 2 rings (SSSR count). The maximum Gasteiger partial charge on any atom is 0.303 e. The van der Waals surface area contributed by atoms with Crippen molar-refractivity contribution in [2.24, 2.45) is 17.6 Å². The van der Waals surface area contributed by atoms with Crippen molar-refractivity contribution in [1.29, 1.82) is 0 Å². The zero-order chi connectivity index (χ0) is 16.5. The van der Waals surface area contributed by atoms with E-state index in [1.807, 2.05) is 0 Å². The highest BCUT2D eigenvalue weighted by molar-refractivity contribution is 5.66. The van der Waals surface area contributed by atoms with E-state index in [9.17, 15) is 4.79 Å². The maximum atomic E-state index is 10.5. The minimum Gasteiger partial charge on any atom is -0.481 e. The fourth-order valence-electron chi connectivity index (χ4n) is 3.63. The van der Waals surface area contributed by atoms with E-state index in [4.69, 9.17) is 10.8 Å². The van der Waals surface area contributed by atoms with Crippen LogP contribution in [-0.4, -0.2) is 17.6 Å². The second kappa shape index (κ2) is 9.71. The number of aryl methyl sites for hydroxylation is 1. The normalized spacial score (nSPS) is 21.3. The summed E-state index contributed by atoms with van der Waals surface area (Å²) in [5.74, 6) is 0.907. The van der Waals surface area contributed by atoms with E-state index >= 15 is 0 Å². The maximum absolute atomic E-state index is 10.5. The molecule has 1 aromatic carbocycles. The van der Waals surface area contributed by atoms with Crippen molar-refractivity contribution < 1.29 is 9.90 Å². The monoisotopic (exact) mass is 317 g/mol. The predicted octanol–water partition coefficient (Wildman–Crippen LogP) is 4.18. The molecule has 0 aliphatic heterocycles. The number of hydrogen-bond donors (Lipinski definition) is 2. The summed E-state index contributed by atoms with van der Waals surface area (Å²) in [6, 6.07) is 9.05. The van der Waals surface area contributed by atoms with Gasteiger partial charge in [-0.3, -0.25) is 4.79 Å². The van der Waals surface area contributed by atoms with Crippen LogP contribution in [0.2, 0.25) is 0 Å². The molecule has 1 fully saturated rings. The van der Waals surface area contributed by atoms with Gasteiger partial charge in [0.25, 0.3) is 0 Å².